The molecular weight excluding hydrogens is 251 g/mol. The van der Waals surface area contributed by atoms with Gasteiger partial charge in [0.2, 0.25) is 5.95 Å². The Labute approximate surface area is 109 Å². The molecule has 0 fully saturated rings. The molecular formula is C13H13FN2O3. The van der Waals surface area contributed by atoms with Crippen LogP contribution in [0.5, 0.6) is 0 Å². The van der Waals surface area contributed by atoms with Crippen LogP contribution in [0, 0.1) is 12.9 Å². The first-order chi connectivity index (χ1) is 9.10. The number of furan rings is 1. The molecule has 2 rings (SSSR count). The minimum atomic E-state index is -0.559. The highest BCUT2D eigenvalue weighted by atomic mass is 19.1. The van der Waals surface area contributed by atoms with Crippen molar-refractivity contribution in [2.24, 2.45) is 0 Å². The van der Waals surface area contributed by atoms with E-state index in [9.17, 15) is 9.18 Å². The molecule has 0 atom stereocenters. The normalized spacial score (nSPS) is 10.3. The van der Waals surface area contributed by atoms with Crippen LogP contribution in [0.25, 0.3) is 0 Å². The summed E-state index contributed by atoms with van der Waals surface area (Å²) in [6, 6.07) is 6.04. The second-order valence-corrected chi connectivity index (χ2v) is 3.87. The zero-order valence-electron chi connectivity index (χ0n) is 10.6. The van der Waals surface area contributed by atoms with E-state index in [1.54, 1.807) is 25.1 Å². The summed E-state index contributed by atoms with van der Waals surface area (Å²) < 4.78 is 22.9. The summed E-state index contributed by atoms with van der Waals surface area (Å²) in [7, 11) is 1.31. The summed E-state index contributed by atoms with van der Waals surface area (Å²) in [5, 5.41) is 2.90. The molecule has 100 valence electrons. The number of halogens is 1. The average molecular weight is 264 g/mol. The molecule has 0 spiro atoms. The van der Waals surface area contributed by atoms with E-state index in [1.807, 2.05) is 0 Å². The van der Waals surface area contributed by atoms with Crippen LogP contribution in [-0.4, -0.2) is 18.1 Å². The van der Waals surface area contributed by atoms with E-state index in [1.165, 1.54) is 13.2 Å². The fourth-order valence-electron chi connectivity index (χ4n) is 1.63. The first-order valence-electron chi connectivity index (χ1n) is 5.64. The maximum absolute atomic E-state index is 12.9. The fraction of sp³-hybridized carbons (Fsp3) is 0.231. The number of carbonyl (C=O) groups is 1. The van der Waals surface area contributed by atoms with E-state index in [0.29, 0.717) is 29.4 Å². The lowest BCUT2D eigenvalue weighted by Crippen LogP contribution is -2.02. The minimum Gasteiger partial charge on any atom is -0.465 e. The highest BCUT2D eigenvalue weighted by Gasteiger charge is 2.15. The number of anilines is 1. The standard InChI is InChI=1S/C13H13FN2O3/c1-8-10(13(17)18-2)6-9(19-8)7-15-12-5-3-4-11(14)16-12/h3-6H,7H2,1-2H3,(H,15,16). The van der Waals surface area contributed by atoms with Crippen LogP contribution in [-0.2, 0) is 11.3 Å². The Kier molecular flexibility index (Phi) is 3.79. The van der Waals surface area contributed by atoms with Gasteiger partial charge in [-0.15, -0.1) is 0 Å². The first-order valence-corrected chi connectivity index (χ1v) is 5.64. The molecule has 2 heterocycles. The molecule has 0 aliphatic carbocycles. The molecule has 0 unspecified atom stereocenters. The Balaban J connectivity index is 2.06. The summed E-state index contributed by atoms with van der Waals surface area (Å²) in [5.41, 5.74) is 0.381. The number of methoxy groups -OCH3 is 1. The number of nitrogens with zero attached hydrogens (tertiary/aromatic N) is 1. The van der Waals surface area contributed by atoms with Crippen molar-refractivity contribution in [2.45, 2.75) is 13.5 Å². The Bertz CT molecular complexity index is 595. The lowest BCUT2D eigenvalue weighted by Gasteiger charge is -2.02. The van der Waals surface area contributed by atoms with Crippen molar-refractivity contribution in [2.75, 3.05) is 12.4 Å². The van der Waals surface area contributed by atoms with Gasteiger partial charge in [0.05, 0.1) is 13.7 Å². The van der Waals surface area contributed by atoms with Crippen molar-refractivity contribution in [3.63, 3.8) is 0 Å². The molecule has 0 aliphatic heterocycles. The van der Waals surface area contributed by atoms with Gasteiger partial charge < -0.3 is 14.5 Å². The predicted octanol–water partition coefficient (Wildman–Crippen LogP) is 2.52. The van der Waals surface area contributed by atoms with Gasteiger partial charge >= 0.3 is 5.97 Å². The lowest BCUT2D eigenvalue weighted by atomic mass is 10.2. The van der Waals surface area contributed by atoms with Gasteiger partial charge in [0.15, 0.2) is 0 Å². The van der Waals surface area contributed by atoms with Crippen molar-refractivity contribution < 1.29 is 18.3 Å². The van der Waals surface area contributed by atoms with E-state index in [0.717, 1.165) is 0 Å². The second-order valence-electron chi connectivity index (χ2n) is 3.87. The molecule has 0 aliphatic rings. The van der Waals surface area contributed by atoms with E-state index in [-0.39, 0.29) is 0 Å². The second kappa shape index (κ2) is 5.51. The van der Waals surface area contributed by atoms with E-state index >= 15 is 0 Å². The van der Waals surface area contributed by atoms with Crippen molar-refractivity contribution in [3.8, 4) is 0 Å². The maximum atomic E-state index is 12.9. The van der Waals surface area contributed by atoms with E-state index in [4.69, 9.17) is 4.42 Å². The molecule has 0 aromatic carbocycles. The summed E-state index contributed by atoms with van der Waals surface area (Å²) >= 11 is 0. The van der Waals surface area contributed by atoms with Gasteiger partial charge in [0.1, 0.15) is 22.9 Å². The molecule has 5 nitrogen and oxygen atoms in total. The Morgan fingerprint density at radius 3 is 3.00 bits per heavy atom. The number of rotatable bonds is 4. The number of esters is 1. The van der Waals surface area contributed by atoms with Gasteiger partial charge in [0, 0.05) is 0 Å². The largest absolute Gasteiger partial charge is 0.465 e. The monoisotopic (exact) mass is 264 g/mol. The highest BCUT2D eigenvalue weighted by Crippen LogP contribution is 2.16. The number of ether oxygens (including phenoxy) is 1. The summed E-state index contributed by atoms with van der Waals surface area (Å²) in [6.45, 7) is 1.98. The third-order valence-electron chi connectivity index (χ3n) is 2.53. The number of nitrogens with one attached hydrogen (secondary N) is 1. The van der Waals surface area contributed by atoms with Crippen LogP contribution in [0.4, 0.5) is 10.2 Å². The van der Waals surface area contributed by atoms with Crippen LogP contribution >= 0.6 is 0 Å². The zero-order valence-corrected chi connectivity index (χ0v) is 10.6. The number of hydrogen-bond acceptors (Lipinski definition) is 5. The van der Waals surface area contributed by atoms with Crippen LogP contribution in [0.1, 0.15) is 21.9 Å². The fourth-order valence-corrected chi connectivity index (χ4v) is 1.63. The van der Waals surface area contributed by atoms with Crippen LogP contribution in [0.2, 0.25) is 0 Å². The molecule has 0 saturated heterocycles. The zero-order chi connectivity index (χ0) is 13.8. The molecule has 0 amide bonds. The lowest BCUT2D eigenvalue weighted by molar-refractivity contribution is 0.0599. The summed E-state index contributed by atoms with van der Waals surface area (Å²) in [5.74, 6) is 0.417. The number of carbonyl (C=O) groups excluding carboxylic acids is 1. The van der Waals surface area contributed by atoms with Gasteiger partial charge in [-0.3, -0.25) is 0 Å². The molecule has 2 aromatic rings. The molecule has 2 aromatic heterocycles. The topological polar surface area (TPSA) is 64.4 Å². The molecule has 0 saturated carbocycles. The van der Waals surface area contributed by atoms with Crippen molar-refractivity contribution in [3.05, 3.63) is 47.3 Å². The minimum absolute atomic E-state index is 0.300. The smallest absolute Gasteiger partial charge is 0.341 e. The maximum Gasteiger partial charge on any atom is 0.341 e. The van der Waals surface area contributed by atoms with Gasteiger partial charge in [0.25, 0.3) is 0 Å². The number of pyridine rings is 1. The van der Waals surface area contributed by atoms with Crippen molar-refractivity contribution in [1.82, 2.24) is 4.98 Å². The van der Waals surface area contributed by atoms with Gasteiger partial charge in [-0.05, 0) is 25.1 Å². The average Bonchev–Trinajstić information content (AvgIpc) is 2.77. The van der Waals surface area contributed by atoms with Crippen LogP contribution in [0.3, 0.4) is 0 Å². The molecule has 6 heteroatoms. The highest BCUT2D eigenvalue weighted by molar-refractivity contribution is 5.90. The van der Waals surface area contributed by atoms with Gasteiger partial charge in [-0.25, -0.2) is 9.78 Å². The number of aryl methyl sites for hydroxylation is 1. The molecule has 0 radical (unpaired) electrons. The van der Waals surface area contributed by atoms with Crippen molar-refractivity contribution >= 4 is 11.8 Å². The quantitative estimate of drug-likeness (QED) is 0.679. The molecule has 1 N–H and O–H groups in total. The Morgan fingerprint density at radius 2 is 2.32 bits per heavy atom. The summed E-state index contributed by atoms with van der Waals surface area (Å²) in [4.78, 5) is 15.1. The number of aromatic nitrogens is 1. The van der Waals surface area contributed by atoms with Crippen molar-refractivity contribution in [1.29, 1.82) is 0 Å². The predicted molar refractivity (Wildman–Crippen MR) is 66.3 cm³/mol. The van der Waals surface area contributed by atoms with Crippen LogP contribution < -0.4 is 5.32 Å². The summed E-state index contributed by atoms with van der Waals surface area (Å²) in [6.07, 6.45) is 0. The SMILES string of the molecule is COC(=O)c1cc(CNc2cccc(F)n2)oc1C. The first kappa shape index (κ1) is 13.1. The van der Waals surface area contributed by atoms with Gasteiger partial charge in [-0.1, -0.05) is 6.07 Å². The van der Waals surface area contributed by atoms with E-state index in [2.05, 4.69) is 15.0 Å². The molecule has 19 heavy (non-hydrogen) atoms. The third-order valence-corrected chi connectivity index (χ3v) is 2.53. The third kappa shape index (κ3) is 3.09. The Morgan fingerprint density at radius 1 is 1.53 bits per heavy atom. The number of hydrogen-bond donors (Lipinski definition) is 1. The van der Waals surface area contributed by atoms with Crippen LogP contribution in [0.15, 0.2) is 28.7 Å². The molecule has 0 bridgehead atoms. The van der Waals surface area contributed by atoms with Gasteiger partial charge in [-0.2, -0.15) is 4.39 Å². The Hall–Kier alpha value is -2.37. The van der Waals surface area contributed by atoms with E-state index < -0.39 is 11.9 Å².